The number of hydrogen-bond donors (Lipinski definition) is 2. The molecule has 20 heavy (non-hydrogen) atoms. The fraction of sp³-hybridized carbons (Fsp3) is 0.647. The fourth-order valence-corrected chi connectivity index (χ4v) is 3.11. The van der Waals surface area contributed by atoms with Crippen LogP contribution in [-0.2, 0) is 6.42 Å². The van der Waals surface area contributed by atoms with Gasteiger partial charge in [0.1, 0.15) is 5.75 Å². The maximum Gasteiger partial charge on any atom is 0.115 e. The Kier molecular flexibility index (Phi) is 5.44. The van der Waals surface area contributed by atoms with Gasteiger partial charge in [-0.05, 0) is 76.2 Å². The van der Waals surface area contributed by atoms with Crippen LogP contribution in [0.2, 0.25) is 0 Å². The van der Waals surface area contributed by atoms with E-state index in [1.165, 1.54) is 37.9 Å². The third-order valence-electron chi connectivity index (χ3n) is 4.73. The van der Waals surface area contributed by atoms with Gasteiger partial charge in [0.25, 0.3) is 0 Å². The molecule has 0 amide bonds. The summed E-state index contributed by atoms with van der Waals surface area (Å²) in [6.45, 7) is 6.83. The molecule has 3 N–H and O–H groups in total. The molecule has 0 saturated carbocycles. The predicted molar refractivity (Wildman–Crippen MR) is 83.8 cm³/mol. The second-order valence-corrected chi connectivity index (χ2v) is 6.29. The highest BCUT2D eigenvalue weighted by Crippen LogP contribution is 2.22. The van der Waals surface area contributed by atoms with Gasteiger partial charge in [0, 0.05) is 12.1 Å². The van der Waals surface area contributed by atoms with E-state index in [0.29, 0.717) is 23.8 Å². The van der Waals surface area contributed by atoms with Crippen molar-refractivity contribution < 1.29 is 5.11 Å². The summed E-state index contributed by atoms with van der Waals surface area (Å²) in [5, 5.41) is 9.29. The zero-order valence-corrected chi connectivity index (χ0v) is 12.8. The highest BCUT2D eigenvalue weighted by Gasteiger charge is 2.24. The second-order valence-electron chi connectivity index (χ2n) is 6.29. The summed E-state index contributed by atoms with van der Waals surface area (Å²) in [7, 11) is 0. The third kappa shape index (κ3) is 4.22. The molecule has 1 saturated heterocycles. The summed E-state index contributed by atoms with van der Waals surface area (Å²) < 4.78 is 0. The van der Waals surface area contributed by atoms with E-state index in [2.05, 4.69) is 18.7 Å². The van der Waals surface area contributed by atoms with Gasteiger partial charge in [0.05, 0.1) is 0 Å². The van der Waals surface area contributed by atoms with Crippen LogP contribution in [0.3, 0.4) is 0 Å². The smallest absolute Gasteiger partial charge is 0.115 e. The number of rotatable bonds is 5. The van der Waals surface area contributed by atoms with Crippen LogP contribution in [0, 0.1) is 5.92 Å². The number of phenolic OH excluding ortho intramolecular Hbond substituents is 1. The Labute approximate surface area is 122 Å². The minimum absolute atomic E-state index is 0.337. The highest BCUT2D eigenvalue weighted by molar-refractivity contribution is 5.25. The molecule has 2 rings (SSSR count). The van der Waals surface area contributed by atoms with Crippen LogP contribution >= 0.6 is 0 Å². The van der Waals surface area contributed by atoms with E-state index in [0.717, 1.165) is 6.42 Å². The molecular weight excluding hydrogens is 248 g/mol. The average molecular weight is 276 g/mol. The van der Waals surface area contributed by atoms with Crippen LogP contribution in [-0.4, -0.2) is 35.2 Å². The van der Waals surface area contributed by atoms with Crippen molar-refractivity contribution in [2.45, 2.75) is 51.6 Å². The molecule has 1 aromatic carbocycles. The zero-order chi connectivity index (χ0) is 14.5. The largest absolute Gasteiger partial charge is 0.508 e. The summed E-state index contributed by atoms with van der Waals surface area (Å²) in [6, 6.07) is 8.54. The van der Waals surface area contributed by atoms with Crippen LogP contribution in [0.1, 0.15) is 38.7 Å². The van der Waals surface area contributed by atoms with Crippen molar-refractivity contribution in [3.05, 3.63) is 29.8 Å². The lowest BCUT2D eigenvalue weighted by atomic mass is 9.90. The van der Waals surface area contributed by atoms with E-state index in [1.54, 1.807) is 12.1 Å². The van der Waals surface area contributed by atoms with Gasteiger partial charge in [0.2, 0.25) is 0 Å². The van der Waals surface area contributed by atoms with Crippen LogP contribution in [0.25, 0.3) is 0 Å². The third-order valence-corrected chi connectivity index (χ3v) is 4.73. The zero-order valence-electron chi connectivity index (χ0n) is 12.8. The van der Waals surface area contributed by atoms with E-state index >= 15 is 0 Å². The maximum atomic E-state index is 9.29. The first-order valence-electron chi connectivity index (χ1n) is 7.84. The van der Waals surface area contributed by atoms with Gasteiger partial charge in [-0.2, -0.15) is 0 Å². The van der Waals surface area contributed by atoms with Crippen molar-refractivity contribution in [1.82, 2.24) is 4.90 Å². The Morgan fingerprint density at radius 1 is 1.20 bits per heavy atom. The number of phenols is 1. The van der Waals surface area contributed by atoms with Crippen LogP contribution < -0.4 is 5.73 Å². The lowest BCUT2D eigenvalue weighted by molar-refractivity contribution is 0.127. The Bertz CT molecular complexity index is 394. The lowest BCUT2D eigenvalue weighted by Gasteiger charge is -2.37. The minimum atomic E-state index is 0.337. The number of nitrogens with zero attached hydrogens (tertiary/aromatic N) is 1. The quantitative estimate of drug-likeness (QED) is 0.869. The summed E-state index contributed by atoms with van der Waals surface area (Å²) in [6.07, 6.45) is 4.73. The lowest BCUT2D eigenvalue weighted by Crippen LogP contribution is -2.43. The standard InChI is InChI=1S/C17H28N2O/c1-13(3-4-15-5-7-17(20)8-6-15)19-11-9-16(10-12-19)14(2)18/h5-8,13-14,16,20H,3-4,9-12,18H2,1-2H3. The van der Waals surface area contributed by atoms with E-state index in [-0.39, 0.29) is 0 Å². The number of aromatic hydroxyl groups is 1. The first-order valence-corrected chi connectivity index (χ1v) is 7.84. The van der Waals surface area contributed by atoms with Crippen LogP contribution in [0.15, 0.2) is 24.3 Å². The highest BCUT2D eigenvalue weighted by atomic mass is 16.3. The van der Waals surface area contributed by atoms with E-state index in [9.17, 15) is 5.11 Å². The average Bonchev–Trinajstić information content (AvgIpc) is 2.46. The first kappa shape index (κ1) is 15.3. The normalized spacial score (nSPS) is 20.8. The van der Waals surface area contributed by atoms with Gasteiger partial charge in [-0.1, -0.05) is 12.1 Å². The monoisotopic (exact) mass is 276 g/mol. The molecule has 0 bridgehead atoms. The van der Waals surface area contributed by atoms with Crippen molar-refractivity contribution in [2.24, 2.45) is 11.7 Å². The molecule has 2 atom stereocenters. The molecule has 2 unspecified atom stereocenters. The van der Waals surface area contributed by atoms with Crippen molar-refractivity contribution in [3.63, 3.8) is 0 Å². The summed E-state index contributed by atoms with van der Waals surface area (Å²) >= 11 is 0. The van der Waals surface area contributed by atoms with E-state index in [1.807, 2.05) is 12.1 Å². The molecule has 1 aromatic rings. The number of benzene rings is 1. The number of nitrogens with two attached hydrogens (primary N) is 1. The number of likely N-dealkylation sites (tertiary alicyclic amines) is 1. The Morgan fingerprint density at radius 3 is 2.35 bits per heavy atom. The minimum Gasteiger partial charge on any atom is -0.508 e. The van der Waals surface area contributed by atoms with Gasteiger partial charge in [-0.25, -0.2) is 0 Å². The van der Waals surface area contributed by atoms with E-state index in [4.69, 9.17) is 5.73 Å². The van der Waals surface area contributed by atoms with Gasteiger partial charge in [-0.15, -0.1) is 0 Å². The molecule has 1 aliphatic rings. The Morgan fingerprint density at radius 2 is 1.80 bits per heavy atom. The number of piperidine rings is 1. The first-order chi connectivity index (χ1) is 9.56. The summed E-state index contributed by atoms with van der Waals surface area (Å²) in [4.78, 5) is 2.60. The molecule has 3 nitrogen and oxygen atoms in total. The van der Waals surface area contributed by atoms with Gasteiger partial charge in [0.15, 0.2) is 0 Å². The Balaban J connectivity index is 1.75. The van der Waals surface area contributed by atoms with Crippen LogP contribution in [0.4, 0.5) is 0 Å². The number of hydrogen-bond acceptors (Lipinski definition) is 3. The molecule has 0 aromatic heterocycles. The topological polar surface area (TPSA) is 49.5 Å². The fourth-order valence-electron chi connectivity index (χ4n) is 3.11. The van der Waals surface area contributed by atoms with Gasteiger partial charge >= 0.3 is 0 Å². The van der Waals surface area contributed by atoms with Crippen molar-refractivity contribution in [1.29, 1.82) is 0 Å². The molecule has 1 heterocycles. The number of aryl methyl sites for hydroxylation is 1. The molecular formula is C17H28N2O. The molecule has 0 aliphatic carbocycles. The Hall–Kier alpha value is -1.06. The second kappa shape index (κ2) is 7.09. The van der Waals surface area contributed by atoms with Gasteiger partial charge < -0.3 is 15.7 Å². The summed E-state index contributed by atoms with van der Waals surface area (Å²) in [5.41, 5.74) is 7.30. The van der Waals surface area contributed by atoms with Crippen LogP contribution in [0.5, 0.6) is 5.75 Å². The molecule has 1 aliphatic heterocycles. The molecule has 0 radical (unpaired) electrons. The van der Waals surface area contributed by atoms with E-state index < -0.39 is 0 Å². The molecule has 3 heteroatoms. The SMILES string of the molecule is CC(N)C1CCN(C(C)CCc2ccc(O)cc2)CC1. The van der Waals surface area contributed by atoms with Crippen molar-refractivity contribution in [3.8, 4) is 5.75 Å². The van der Waals surface area contributed by atoms with Gasteiger partial charge in [-0.3, -0.25) is 0 Å². The van der Waals surface area contributed by atoms with Crippen molar-refractivity contribution in [2.75, 3.05) is 13.1 Å². The van der Waals surface area contributed by atoms with Crippen molar-refractivity contribution >= 4 is 0 Å². The predicted octanol–water partition coefficient (Wildman–Crippen LogP) is 2.77. The molecule has 112 valence electrons. The summed E-state index contributed by atoms with van der Waals surface area (Å²) in [5.74, 6) is 1.05. The molecule has 0 spiro atoms. The maximum absolute atomic E-state index is 9.29. The molecule has 1 fully saturated rings.